The van der Waals surface area contributed by atoms with Crippen molar-refractivity contribution in [3.05, 3.63) is 54.1 Å². The number of hydrogen-bond acceptors (Lipinski definition) is 4. The maximum absolute atomic E-state index is 12.6. The monoisotopic (exact) mass is 353 g/mol. The zero-order valence-corrected chi connectivity index (χ0v) is 15.1. The van der Waals surface area contributed by atoms with Crippen LogP contribution in [-0.2, 0) is 9.59 Å². The van der Waals surface area contributed by atoms with Crippen molar-refractivity contribution in [3.8, 4) is 5.75 Å². The first-order chi connectivity index (χ1) is 12.6. The molecule has 0 bridgehead atoms. The van der Waals surface area contributed by atoms with Gasteiger partial charge in [0.05, 0.1) is 24.4 Å². The molecule has 2 aromatic carbocycles. The molecule has 1 aliphatic rings. The molecule has 1 N–H and O–H groups in total. The third kappa shape index (κ3) is 3.96. The summed E-state index contributed by atoms with van der Waals surface area (Å²) in [6.45, 7) is 4.85. The maximum Gasteiger partial charge on any atom is 0.258 e. The molecule has 0 saturated heterocycles. The number of hydrogen-bond donors (Lipinski definition) is 1. The number of nitrogens with one attached hydrogen (secondary N) is 1. The van der Waals surface area contributed by atoms with Crippen molar-refractivity contribution in [2.45, 2.75) is 20.3 Å². The fourth-order valence-electron chi connectivity index (χ4n) is 2.87. The topological polar surface area (TPSA) is 61.9 Å². The van der Waals surface area contributed by atoms with Crippen LogP contribution in [0.5, 0.6) is 5.75 Å². The van der Waals surface area contributed by atoms with E-state index in [-0.39, 0.29) is 24.8 Å². The molecule has 2 aromatic rings. The third-order valence-electron chi connectivity index (χ3n) is 4.25. The van der Waals surface area contributed by atoms with E-state index >= 15 is 0 Å². The molecule has 6 heteroatoms. The molecule has 3 rings (SSSR count). The van der Waals surface area contributed by atoms with Crippen LogP contribution in [-0.4, -0.2) is 31.5 Å². The number of para-hydroxylation sites is 2. The summed E-state index contributed by atoms with van der Waals surface area (Å²) in [5.41, 5.74) is 5.57. The molecule has 6 nitrogen and oxygen atoms in total. The van der Waals surface area contributed by atoms with Gasteiger partial charge in [-0.1, -0.05) is 29.8 Å². The number of aryl methyl sites for hydroxylation is 1. The van der Waals surface area contributed by atoms with Gasteiger partial charge in [-0.25, -0.2) is 0 Å². The van der Waals surface area contributed by atoms with E-state index in [4.69, 9.17) is 4.74 Å². The Balaban J connectivity index is 1.74. The minimum absolute atomic E-state index is 0.0540. The van der Waals surface area contributed by atoms with Crippen molar-refractivity contribution >= 4 is 23.2 Å². The summed E-state index contributed by atoms with van der Waals surface area (Å²) in [6, 6.07) is 15.2. The van der Waals surface area contributed by atoms with Crippen LogP contribution in [0.3, 0.4) is 0 Å². The number of nitrogens with zero attached hydrogens (tertiary/aromatic N) is 2. The van der Waals surface area contributed by atoms with Gasteiger partial charge in [0.2, 0.25) is 5.91 Å². The van der Waals surface area contributed by atoms with Gasteiger partial charge in [0.25, 0.3) is 5.91 Å². The number of amides is 2. The molecular weight excluding hydrogens is 330 g/mol. The number of ether oxygens (including phenoxy) is 1. The van der Waals surface area contributed by atoms with Crippen molar-refractivity contribution < 1.29 is 14.3 Å². The van der Waals surface area contributed by atoms with Crippen molar-refractivity contribution in [2.75, 3.05) is 29.6 Å². The van der Waals surface area contributed by atoms with Crippen molar-refractivity contribution in [2.24, 2.45) is 0 Å². The highest BCUT2D eigenvalue weighted by Crippen LogP contribution is 2.30. The molecule has 1 heterocycles. The Morgan fingerprint density at radius 1 is 1.19 bits per heavy atom. The standard InChI is InChI=1S/C20H23N3O3/c1-3-23(16-10-8-15(2)9-11-16)21-19(24)14-22-17-6-4-5-7-18(17)26-13-12-20(22)25/h4-11H,3,12-14H2,1-2H3,(H,21,24). The summed E-state index contributed by atoms with van der Waals surface area (Å²) in [4.78, 5) is 26.5. The molecule has 0 aliphatic carbocycles. The predicted octanol–water partition coefficient (Wildman–Crippen LogP) is 2.67. The molecule has 136 valence electrons. The van der Waals surface area contributed by atoms with E-state index in [2.05, 4.69) is 5.43 Å². The second-order valence-corrected chi connectivity index (χ2v) is 6.16. The largest absolute Gasteiger partial charge is 0.491 e. The molecule has 0 fully saturated rings. The Bertz CT molecular complexity index is 789. The summed E-state index contributed by atoms with van der Waals surface area (Å²) in [5.74, 6) is 0.248. The van der Waals surface area contributed by atoms with Gasteiger partial charge in [-0.3, -0.25) is 24.9 Å². The lowest BCUT2D eigenvalue weighted by Gasteiger charge is -2.26. The van der Waals surface area contributed by atoms with E-state index in [0.717, 1.165) is 11.3 Å². The van der Waals surface area contributed by atoms with E-state index in [1.165, 1.54) is 4.90 Å². The third-order valence-corrected chi connectivity index (χ3v) is 4.25. The number of benzene rings is 2. The molecular formula is C20H23N3O3. The molecule has 0 atom stereocenters. The van der Waals surface area contributed by atoms with Crippen LogP contribution in [0.1, 0.15) is 18.9 Å². The molecule has 0 radical (unpaired) electrons. The van der Waals surface area contributed by atoms with Gasteiger partial charge in [-0.15, -0.1) is 0 Å². The van der Waals surface area contributed by atoms with E-state index in [9.17, 15) is 9.59 Å². The summed E-state index contributed by atoms with van der Waals surface area (Å²) in [5, 5.41) is 1.77. The molecule has 0 unspecified atom stereocenters. The lowest BCUT2D eigenvalue weighted by molar-refractivity contribution is -0.124. The molecule has 26 heavy (non-hydrogen) atoms. The van der Waals surface area contributed by atoms with Gasteiger partial charge in [-0.2, -0.15) is 0 Å². The van der Waals surface area contributed by atoms with Crippen LogP contribution >= 0.6 is 0 Å². The van der Waals surface area contributed by atoms with E-state index in [1.807, 2.05) is 56.3 Å². The Kier molecular flexibility index (Phi) is 5.41. The zero-order chi connectivity index (χ0) is 18.5. The summed E-state index contributed by atoms with van der Waals surface area (Å²) in [7, 11) is 0. The molecule has 0 aromatic heterocycles. The second kappa shape index (κ2) is 7.91. The fourth-order valence-corrected chi connectivity index (χ4v) is 2.87. The molecule has 0 spiro atoms. The number of carbonyl (C=O) groups excluding carboxylic acids is 2. The van der Waals surface area contributed by atoms with Gasteiger partial charge in [0.15, 0.2) is 0 Å². The number of hydrazine groups is 1. The minimum atomic E-state index is -0.252. The highest BCUT2D eigenvalue weighted by atomic mass is 16.5. The van der Waals surface area contributed by atoms with Crippen molar-refractivity contribution in [3.63, 3.8) is 0 Å². The first-order valence-electron chi connectivity index (χ1n) is 8.74. The van der Waals surface area contributed by atoms with E-state index in [0.29, 0.717) is 24.6 Å². The van der Waals surface area contributed by atoms with Crippen LogP contribution in [0, 0.1) is 6.92 Å². The molecule has 2 amide bonds. The molecule has 0 saturated carbocycles. The van der Waals surface area contributed by atoms with Crippen LogP contribution in [0.15, 0.2) is 48.5 Å². The maximum atomic E-state index is 12.6. The number of fused-ring (bicyclic) bond motifs is 1. The highest BCUT2D eigenvalue weighted by Gasteiger charge is 2.25. The number of anilines is 2. The van der Waals surface area contributed by atoms with Crippen LogP contribution in [0.25, 0.3) is 0 Å². The van der Waals surface area contributed by atoms with Gasteiger partial charge in [0, 0.05) is 6.54 Å². The summed E-state index contributed by atoms with van der Waals surface area (Å²) in [6.07, 6.45) is 0.247. The normalized spacial score (nSPS) is 13.5. The zero-order valence-electron chi connectivity index (χ0n) is 15.1. The Morgan fingerprint density at radius 3 is 2.65 bits per heavy atom. The lowest BCUT2D eigenvalue weighted by Crippen LogP contribution is -2.48. The Morgan fingerprint density at radius 2 is 1.92 bits per heavy atom. The SMILES string of the molecule is CCN(NC(=O)CN1C(=O)CCOc2ccccc21)c1ccc(C)cc1. The average Bonchev–Trinajstić information content (AvgIpc) is 2.80. The smallest absolute Gasteiger partial charge is 0.258 e. The van der Waals surface area contributed by atoms with Crippen molar-refractivity contribution in [1.82, 2.24) is 5.43 Å². The van der Waals surface area contributed by atoms with E-state index in [1.54, 1.807) is 11.1 Å². The van der Waals surface area contributed by atoms with Gasteiger partial charge < -0.3 is 4.74 Å². The highest BCUT2D eigenvalue weighted by molar-refractivity contribution is 6.00. The van der Waals surface area contributed by atoms with Crippen molar-refractivity contribution in [1.29, 1.82) is 0 Å². The van der Waals surface area contributed by atoms with Crippen LogP contribution in [0.4, 0.5) is 11.4 Å². The Hall–Kier alpha value is -3.02. The van der Waals surface area contributed by atoms with Crippen LogP contribution < -0.4 is 20.1 Å². The van der Waals surface area contributed by atoms with E-state index < -0.39 is 0 Å². The van der Waals surface area contributed by atoms with Crippen LogP contribution in [0.2, 0.25) is 0 Å². The first-order valence-corrected chi connectivity index (χ1v) is 8.74. The summed E-state index contributed by atoms with van der Waals surface area (Å²) >= 11 is 0. The number of carbonyl (C=O) groups is 2. The van der Waals surface area contributed by atoms with Gasteiger partial charge >= 0.3 is 0 Å². The number of rotatable bonds is 5. The molecule has 1 aliphatic heterocycles. The van der Waals surface area contributed by atoms with Gasteiger partial charge in [0.1, 0.15) is 12.3 Å². The Labute approximate surface area is 153 Å². The summed E-state index contributed by atoms with van der Waals surface area (Å²) < 4.78 is 5.61. The average molecular weight is 353 g/mol. The van der Waals surface area contributed by atoms with Gasteiger partial charge in [-0.05, 0) is 38.1 Å². The first kappa shape index (κ1) is 17.8. The fraction of sp³-hybridized carbons (Fsp3) is 0.300. The second-order valence-electron chi connectivity index (χ2n) is 6.16. The predicted molar refractivity (Wildman–Crippen MR) is 101 cm³/mol. The minimum Gasteiger partial charge on any atom is -0.491 e. The quantitative estimate of drug-likeness (QED) is 0.840. The lowest BCUT2D eigenvalue weighted by atomic mass is 10.2.